The van der Waals surface area contributed by atoms with E-state index in [0.717, 1.165) is 18.8 Å². The number of nitrogens with one attached hydrogen (secondary N) is 2. The Morgan fingerprint density at radius 3 is 2.26 bits per heavy atom. The Morgan fingerprint density at radius 1 is 1.15 bits per heavy atom. The molecule has 1 aliphatic rings. The average molecular weight is 491 g/mol. The first-order valence-corrected chi connectivity index (χ1v) is 9.05. The number of carbonyl (C=O) groups is 1. The van der Waals surface area contributed by atoms with Crippen LogP contribution >= 0.6 is 24.0 Å². The molecule has 1 amide bonds. The molecule has 0 bridgehead atoms. The van der Waals surface area contributed by atoms with Crippen LogP contribution in [0.3, 0.4) is 0 Å². The molecular weight excluding hydrogens is 460 g/mol. The SMILES string of the molecule is CN=C(NCCC(=O)N1CCN(c2ccc(F)cc2)CC1)NC(C)(C)C.I. The Balaban J connectivity index is 0.00000364. The van der Waals surface area contributed by atoms with Crippen LogP contribution in [0.15, 0.2) is 29.3 Å². The van der Waals surface area contributed by atoms with E-state index in [1.54, 1.807) is 19.2 Å². The monoisotopic (exact) mass is 491 g/mol. The molecule has 6 nitrogen and oxygen atoms in total. The van der Waals surface area contributed by atoms with Crippen molar-refractivity contribution in [2.24, 2.45) is 4.99 Å². The minimum Gasteiger partial charge on any atom is -0.368 e. The van der Waals surface area contributed by atoms with Crippen molar-refractivity contribution in [1.29, 1.82) is 0 Å². The average Bonchev–Trinajstić information content (AvgIpc) is 2.60. The number of guanidine groups is 1. The van der Waals surface area contributed by atoms with Gasteiger partial charge in [0.05, 0.1) is 0 Å². The fourth-order valence-corrected chi connectivity index (χ4v) is 2.85. The van der Waals surface area contributed by atoms with Crippen LogP contribution in [0.1, 0.15) is 27.2 Å². The number of aliphatic imine (C=N–C) groups is 1. The van der Waals surface area contributed by atoms with Crippen LogP contribution in [0, 0.1) is 5.82 Å². The molecule has 0 aromatic heterocycles. The second kappa shape index (κ2) is 10.7. The number of halogens is 2. The predicted molar refractivity (Wildman–Crippen MR) is 119 cm³/mol. The molecule has 1 fully saturated rings. The first kappa shape index (κ1) is 23.5. The Bertz CT molecular complexity index is 622. The number of nitrogens with zero attached hydrogens (tertiary/aromatic N) is 3. The van der Waals surface area contributed by atoms with Crippen molar-refractivity contribution in [2.75, 3.05) is 44.7 Å². The predicted octanol–water partition coefficient (Wildman–Crippen LogP) is 2.45. The summed E-state index contributed by atoms with van der Waals surface area (Å²) in [5, 5.41) is 6.45. The van der Waals surface area contributed by atoms with E-state index < -0.39 is 0 Å². The van der Waals surface area contributed by atoms with Crippen molar-refractivity contribution in [3.05, 3.63) is 30.1 Å². The number of hydrogen-bond donors (Lipinski definition) is 2. The van der Waals surface area contributed by atoms with Gasteiger partial charge < -0.3 is 20.4 Å². The summed E-state index contributed by atoms with van der Waals surface area (Å²) < 4.78 is 13.0. The van der Waals surface area contributed by atoms with Crippen molar-refractivity contribution in [1.82, 2.24) is 15.5 Å². The molecule has 8 heteroatoms. The van der Waals surface area contributed by atoms with E-state index in [2.05, 4.69) is 41.3 Å². The highest BCUT2D eigenvalue weighted by Crippen LogP contribution is 2.17. The van der Waals surface area contributed by atoms with Crippen LogP contribution in [-0.2, 0) is 4.79 Å². The van der Waals surface area contributed by atoms with Crippen molar-refractivity contribution >= 4 is 41.5 Å². The summed E-state index contributed by atoms with van der Waals surface area (Å²) in [6.07, 6.45) is 0.432. The first-order valence-electron chi connectivity index (χ1n) is 9.05. The summed E-state index contributed by atoms with van der Waals surface area (Å²) >= 11 is 0. The lowest BCUT2D eigenvalue weighted by Crippen LogP contribution is -2.50. The fraction of sp³-hybridized carbons (Fsp3) is 0.579. The van der Waals surface area contributed by atoms with E-state index in [0.29, 0.717) is 32.0 Å². The van der Waals surface area contributed by atoms with Gasteiger partial charge in [0.2, 0.25) is 5.91 Å². The third-order valence-corrected chi connectivity index (χ3v) is 4.17. The zero-order valence-corrected chi connectivity index (χ0v) is 18.9. The number of rotatable bonds is 4. The van der Waals surface area contributed by atoms with Crippen LogP contribution < -0.4 is 15.5 Å². The van der Waals surface area contributed by atoms with Gasteiger partial charge in [-0.25, -0.2) is 4.39 Å². The van der Waals surface area contributed by atoms with Gasteiger partial charge in [-0.1, -0.05) is 0 Å². The van der Waals surface area contributed by atoms with Gasteiger partial charge in [-0.05, 0) is 45.0 Å². The molecule has 152 valence electrons. The molecule has 2 N–H and O–H groups in total. The van der Waals surface area contributed by atoms with E-state index >= 15 is 0 Å². The molecule has 1 aromatic carbocycles. The highest BCUT2D eigenvalue weighted by Gasteiger charge is 2.21. The molecule has 27 heavy (non-hydrogen) atoms. The van der Waals surface area contributed by atoms with E-state index in [1.807, 2.05) is 4.90 Å². The zero-order chi connectivity index (χ0) is 19.2. The molecule has 0 radical (unpaired) electrons. The molecule has 0 saturated carbocycles. The van der Waals surface area contributed by atoms with Gasteiger partial charge in [0.1, 0.15) is 5.82 Å². The van der Waals surface area contributed by atoms with Crippen LogP contribution in [0.2, 0.25) is 0 Å². The third-order valence-electron chi connectivity index (χ3n) is 4.17. The van der Waals surface area contributed by atoms with E-state index in [-0.39, 0.29) is 41.2 Å². The van der Waals surface area contributed by atoms with E-state index in [9.17, 15) is 9.18 Å². The van der Waals surface area contributed by atoms with Gasteiger partial charge >= 0.3 is 0 Å². The van der Waals surface area contributed by atoms with Gasteiger partial charge in [-0.3, -0.25) is 9.79 Å². The summed E-state index contributed by atoms with van der Waals surface area (Å²) in [6, 6.07) is 6.50. The Morgan fingerprint density at radius 2 is 1.74 bits per heavy atom. The lowest BCUT2D eigenvalue weighted by atomic mass is 10.1. The molecular formula is C19H31FIN5O. The van der Waals surface area contributed by atoms with Crippen molar-refractivity contribution in [2.45, 2.75) is 32.7 Å². The standard InChI is InChI=1S/C19H30FN5O.HI/c1-19(2,3)23-18(21-4)22-10-9-17(26)25-13-11-24(12-14-25)16-7-5-15(20)6-8-16;/h5-8H,9-14H2,1-4H3,(H2,21,22,23);1H. The highest BCUT2D eigenvalue weighted by atomic mass is 127. The van der Waals surface area contributed by atoms with Gasteiger partial charge in [0.25, 0.3) is 0 Å². The minimum absolute atomic E-state index is 0. The highest BCUT2D eigenvalue weighted by molar-refractivity contribution is 14.0. The zero-order valence-electron chi connectivity index (χ0n) is 16.6. The van der Waals surface area contributed by atoms with Crippen LogP contribution in [0.25, 0.3) is 0 Å². The molecule has 1 aliphatic heterocycles. The summed E-state index contributed by atoms with van der Waals surface area (Å²) in [6.45, 7) is 9.63. The maximum atomic E-state index is 13.0. The van der Waals surface area contributed by atoms with E-state index in [4.69, 9.17) is 0 Å². The number of carbonyl (C=O) groups excluding carboxylic acids is 1. The lowest BCUT2D eigenvalue weighted by Gasteiger charge is -2.36. The van der Waals surface area contributed by atoms with Crippen LogP contribution in [0.5, 0.6) is 0 Å². The lowest BCUT2D eigenvalue weighted by molar-refractivity contribution is -0.131. The smallest absolute Gasteiger partial charge is 0.224 e. The number of amides is 1. The molecule has 0 spiro atoms. The first-order chi connectivity index (χ1) is 12.3. The number of hydrogen-bond acceptors (Lipinski definition) is 3. The normalized spacial score (nSPS) is 15.2. The fourth-order valence-electron chi connectivity index (χ4n) is 2.85. The Kier molecular flexibility index (Phi) is 9.28. The van der Waals surface area contributed by atoms with Crippen LogP contribution in [0.4, 0.5) is 10.1 Å². The second-order valence-electron chi connectivity index (χ2n) is 7.47. The molecule has 1 aromatic rings. The number of benzene rings is 1. The van der Waals surface area contributed by atoms with Crippen molar-refractivity contribution in [3.63, 3.8) is 0 Å². The third kappa shape index (κ3) is 7.90. The summed E-state index contributed by atoms with van der Waals surface area (Å²) in [5.41, 5.74) is 0.917. The van der Waals surface area contributed by atoms with Crippen molar-refractivity contribution < 1.29 is 9.18 Å². The van der Waals surface area contributed by atoms with Gasteiger partial charge in [-0.15, -0.1) is 24.0 Å². The molecule has 0 unspecified atom stereocenters. The molecule has 2 rings (SSSR count). The Hall–Kier alpha value is -1.58. The maximum Gasteiger partial charge on any atom is 0.224 e. The molecule has 0 atom stereocenters. The summed E-state index contributed by atoms with van der Waals surface area (Å²) in [5.74, 6) is 0.611. The molecule has 1 saturated heterocycles. The van der Waals surface area contributed by atoms with Crippen molar-refractivity contribution in [3.8, 4) is 0 Å². The number of anilines is 1. The Labute approximate surface area is 178 Å². The topological polar surface area (TPSA) is 60.0 Å². The maximum absolute atomic E-state index is 13.0. The molecule has 1 heterocycles. The summed E-state index contributed by atoms with van der Waals surface area (Å²) in [4.78, 5) is 20.6. The quantitative estimate of drug-likeness (QED) is 0.386. The minimum atomic E-state index is -0.231. The summed E-state index contributed by atoms with van der Waals surface area (Å²) in [7, 11) is 1.72. The largest absolute Gasteiger partial charge is 0.368 e. The van der Waals surface area contributed by atoms with Gasteiger partial charge in [-0.2, -0.15) is 0 Å². The molecule has 0 aliphatic carbocycles. The van der Waals surface area contributed by atoms with E-state index in [1.165, 1.54) is 12.1 Å². The van der Waals surface area contributed by atoms with Gasteiger partial charge in [0.15, 0.2) is 5.96 Å². The van der Waals surface area contributed by atoms with Crippen LogP contribution in [-0.4, -0.2) is 62.1 Å². The van der Waals surface area contributed by atoms with Gasteiger partial charge in [0, 0.05) is 57.4 Å². The second-order valence-corrected chi connectivity index (χ2v) is 7.47. The number of piperazine rings is 1.